The second kappa shape index (κ2) is 6.97. The first-order valence-electron chi connectivity index (χ1n) is 11.9. The van der Waals surface area contributed by atoms with Gasteiger partial charge in [0.1, 0.15) is 16.7 Å². The molecule has 0 atom stereocenters. The summed E-state index contributed by atoms with van der Waals surface area (Å²) < 4.78 is 25.3. The van der Waals surface area contributed by atoms with Crippen molar-refractivity contribution in [2.45, 2.75) is 38.9 Å². The molecule has 35 heavy (non-hydrogen) atoms. The van der Waals surface area contributed by atoms with Crippen LogP contribution in [0.25, 0.3) is 55.3 Å². The number of benzene rings is 4. The molecule has 0 bridgehead atoms. The molecule has 2 aromatic heterocycles. The minimum atomic E-state index is -0.437. The van der Waals surface area contributed by atoms with Gasteiger partial charge in [0.15, 0.2) is 5.58 Å². The van der Waals surface area contributed by atoms with E-state index in [-0.39, 0.29) is 0 Å². The third-order valence-corrected chi connectivity index (χ3v) is 7.54. The normalized spacial score (nSPS) is 17.3. The Balaban J connectivity index is 1.48. The molecule has 1 saturated heterocycles. The highest BCUT2D eigenvalue weighted by Gasteiger charge is 2.51. The van der Waals surface area contributed by atoms with Crippen LogP contribution in [0.5, 0.6) is 0 Å². The van der Waals surface area contributed by atoms with Gasteiger partial charge >= 0.3 is 7.12 Å². The van der Waals surface area contributed by atoms with Gasteiger partial charge in [0.25, 0.3) is 0 Å². The Morgan fingerprint density at radius 2 is 1.40 bits per heavy atom. The Bertz CT molecular complexity index is 1750. The third kappa shape index (κ3) is 3.00. The van der Waals surface area contributed by atoms with Crippen LogP contribution in [-0.4, -0.2) is 23.3 Å². The van der Waals surface area contributed by atoms with Gasteiger partial charge in [-0.25, -0.2) is 4.98 Å². The van der Waals surface area contributed by atoms with Gasteiger partial charge in [-0.3, -0.25) is 0 Å². The summed E-state index contributed by atoms with van der Waals surface area (Å²) >= 11 is 0. The molecule has 0 unspecified atom stereocenters. The number of hydrogen-bond acceptors (Lipinski definition) is 5. The average Bonchev–Trinajstić information content (AvgIpc) is 3.50. The molecule has 0 radical (unpaired) electrons. The van der Waals surface area contributed by atoms with Gasteiger partial charge in [-0.2, -0.15) is 0 Å². The molecule has 4 aromatic carbocycles. The van der Waals surface area contributed by atoms with Gasteiger partial charge in [0.2, 0.25) is 5.89 Å². The van der Waals surface area contributed by atoms with E-state index in [9.17, 15) is 0 Å². The van der Waals surface area contributed by atoms with E-state index in [4.69, 9.17) is 23.1 Å². The lowest BCUT2D eigenvalue weighted by Gasteiger charge is -2.32. The van der Waals surface area contributed by atoms with Gasteiger partial charge in [0, 0.05) is 10.9 Å². The maximum Gasteiger partial charge on any atom is 0.494 e. The predicted molar refractivity (Wildman–Crippen MR) is 140 cm³/mol. The summed E-state index contributed by atoms with van der Waals surface area (Å²) in [5.41, 5.74) is 4.24. The molecule has 172 valence electrons. The number of nitrogens with zero attached hydrogens (tertiary/aromatic N) is 1. The molecule has 7 rings (SSSR count). The zero-order valence-electron chi connectivity index (χ0n) is 20.1. The summed E-state index contributed by atoms with van der Waals surface area (Å²) in [5.74, 6) is 0.598. The Morgan fingerprint density at radius 1 is 0.714 bits per heavy atom. The second-order valence-corrected chi connectivity index (χ2v) is 10.3. The molecular weight excluding hydrogens is 437 g/mol. The highest BCUT2D eigenvalue weighted by Crippen LogP contribution is 2.41. The fourth-order valence-electron chi connectivity index (χ4n) is 4.90. The molecule has 0 amide bonds. The van der Waals surface area contributed by atoms with E-state index in [1.165, 1.54) is 0 Å². The summed E-state index contributed by atoms with van der Waals surface area (Å²) in [6, 6.07) is 24.3. The van der Waals surface area contributed by atoms with Crippen molar-refractivity contribution in [3.8, 4) is 11.5 Å². The Hall–Kier alpha value is -3.61. The van der Waals surface area contributed by atoms with Crippen LogP contribution in [0.3, 0.4) is 0 Å². The van der Waals surface area contributed by atoms with E-state index in [0.29, 0.717) is 5.89 Å². The summed E-state index contributed by atoms with van der Waals surface area (Å²) in [6.45, 7) is 8.28. The van der Waals surface area contributed by atoms with E-state index < -0.39 is 18.3 Å². The van der Waals surface area contributed by atoms with Crippen molar-refractivity contribution >= 4 is 56.4 Å². The van der Waals surface area contributed by atoms with E-state index in [1.54, 1.807) is 0 Å². The van der Waals surface area contributed by atoms with Crippen molar-refractivity contribution in [1.29, 1.82) is 0 Å². The average molecular weight is 461 g/mol. The maximum absolute atomic E-state index is 6.35. The molecule has 1 aliphatic rings. The molecule has 0 spiro atoms. The minimum Gasteiger partial charge on any atom is -0.456 e. The van der Waals surface area contributed by atoms with Gasteiger partial charge in [-0.1, -0.05) is 42.5 Å². The largest absolute Gasteiger partial charge is 0.494 e. The molecule has 1 aliphatic heterocycles. The number of aromatic nitrogens is 1. The van der Waals surface area contributed by atoms with Crippen LogP contribution < -0.4 is 5.46 Å². The van der Waals surface area contributed by atoms with E-state index in [1.807, 2.05) is 48.5 Å². The fraction of sp³-hybridized carbons (Fsp3) is 0.207. The topological polar surface area (TPSA) is 57.6 Å². The minimum absolute atomic E-state index is 0.402. The van der Waals surface area contributed by atoms with Gasteiger partial charge in [-0.05, 0) is 74.3 Å². The third-order valence-electron chi connectivity index (χ3n) is 7.54. The zero-order chi connectivity index (χ0) is 23.9. The molecule has 0 saturated carbocycles. The number of rotatable bonds is 2. The maximum atomic E-state index is 6.35. The lowest BCUT2D eigenvalue weighted by molar-refractivity contribution is 0.00578. The SMILES string of the molecule is CC1(C)OB(c2ccc3ccc4oc5ccc6nc(-c7ccccc7)oc6c5c4c3c2)OC1(C)C. The van der Waals surface area contributed by atoms with E-state index >= 15 is 0 Å². The van der Waals surface area contributed by atoms with Crippen molar-refractivity contribution in [1.82, 2.24) is 4.98 Å². The van der Waals surface area contributed by atoms with Crippen molar-refractivity contribution in [3.05, 3.63) is 72.8 Å². The quantitative estimate of drug-likeness (QED) is 0.264. The molecule has 3 heterocycles. The monoisotopic (exact) mass is 461 g/mol. The summed E-state index contributed by atoms with van der Waals surface area (Å²) in [5, 5.41) is 4.12. The summed E-state index contributed by atoms with van der Waals surface area (Å²) in [6.07, 6.45) is 0. The first-order chi connectivity index (χ1) is 16.8. The van der Waals surface area contributed by atoms with Crippen molar-refractivity contribution in [3.63, 3.8) is 0 Å². The second-order valence-electron chi connectivity index (χ2n) is 10.3. The fourth-order valence-corrected chi connectivity index (χ4v) is 4.90. The van der Waals surface area contributed by atoms with Crippen molar-refractivity contribution < 1.29 is 18.1 Å². The number of furan rings is 1. The molecule has 6 heteroatoms. The molecule has 1 fully saturated rings. The lowest BCUT2D eigenvalue weighted by Crippen LogP contribution is -2.41. The first-order valence-corrected chi connectivity index (χ1v) is 11.9. The van der Waals surface area contributed by atoms with E-state index in [0.717, 1.165) is 54.8 Å². The molecule has 5 nitrogen and oxygen atoms in total. The zero-order valence-corrected chi connectivity index (χ0v) is 20.1. The van der Waals surface area contributed by atoms with Crippen LogP contribution in [0.15, 0.2) is 81.6 Å². The predicted octanol–water partition coefficient (Wildman–Crippen LogP) is 6.85. The van der Waals surface area contributed by atoms with Crippen LogP contribution in [0.4, 0.5) is 0 Å². The van der Waals surface area contributed by atoms with Crippen LogP contribution in [-0.2, 0) is 9.31 Å². The Labute approximate surface area is 202 Å². The summed E-state index contributed by atoms with van der Waals surface area (Å²) in [7, 11) is -0.437. The van der Waals surface area contributed by atoms with Crippen LogP contribution in [0.1, 0.15) is 27.7 Å². The standard InChI is InChI=1S/C29H24BNO4/c1-28(2)29(3,4)35-30(34-28)19-12-10-17-11-14-22-24(20(17)16-19)25-23(32-22)15-13-21-26(25)33-27(31-21)18-8-6-5-7-9-18/h5-16H,1-4H3. The molecule has 0 aliphatic carbocycles. The van der Waals surface area contributed by atoms with Gasteiger partial charge in [0.05, 0.1) is 16.6 Å². The number of hydrogen-bond donors (Lipinski definition) is 0. The Morgan fingerprint density at radius 3 is 2.17 bits per heavy atom. The highest BCUT2D eigenvalue weighted by atomic mass is 16.7. The number of fused-ring (bicyclic) bond motifs is 7. The van der Waals surface area contributed by atoms with Crippen molar-refractivity contribution in [2.24, 2.45) is 0 Å². The lowest BCUT2D eigenvalue weighted by atomic mass is 9.78. The van der Waals surface area contributed by atoms with E-state index in [2.05, 4.69) is 52.0 Å². The van der Waals surface area contributed by atoms with Crippen LogP contribution >= 0.6 is 0 Å². The molecular formula is C29H24BNO4. The summed E-state index contributed by atoms with van der Waals surface area (Å²) in [4.78, 5) is 4.76. The molecule has 0 N–H and O–H groups in total. The first kappa shape index (κ1) is 20.7. The van der Waals surface area contributed by atoms with Gasteiger partial charge < -0.3 is 18.1 Å². The molecule has 6 aromatic rings. The van der Waals surface area contributed by atoms with Crippen molar-refractivity contribution in [2.75, 3.05) is 0 Å². The highest BCUT2D eigenvalue weighted by molar-refractivity contribution is 6.62. The van der Waals surface area contributed by atoms with Crippen LogP contribution in [0.2, 0.25) is 0 Å². The smallest absolute Gasteiger partial charge is 0.456 e. The number of oxazole rings is 1. The van der Waals surface area contributed by atoms with Gasteiger partial charge in [-0.15, -0.1) is 0 Å². The van der Waals surface area contributed by atoms with Crippen LogP contribution in [0, 0.1) is 0 Å². The Kier molecular flexibility index (Phi) is 4.13.